The van der Waals surface area contributed by atoms with E-state index in [4.69, 9.17) is 4.98 Å². The summed E-state index contributed by atoms with van der Waals surface area (Å²) in [7, 11) is 3.99. The molecule has 1 N–H and O–H groups in total. The lowest BCUT2D eigenvalue weighted by molar-refractivity contribution is 0.0951. The Morgan fingerprint density at radius 1 is 1.07 bits per heavy atom. The third-order valence-electron chi connectivity index (χ3n) is 5.73. The zero-order valence-corrected chi connectivity index (χ0v) is 17.6. The van der Waals surface area contributed by atoms with Gasteiger partial charge in [-0.05, 0) is 48.7 Å². The molecule has 30 heavy (non-hydrogen) atoms. The molecule has 0 saturated carbocycles. The lowest BCUT2D eigenvalue weighted by atomic mass is 10.1. The van der Waals surface area contributed by atoms with Gasteiger partial charge in [0.25, 0.3) is 11.5 Å². The van der Waals surface area contributed by atoms with Crippen LogP contribution in [0.25, 0.3) is 10.9 Å². The minimum absolute atomic E-state index is 0.00448. The molecule has 1 aliphatic rings. The van der Waals surface area contributed by atoms with Gasteiger partial charge in [-0.25, -0.2) is 4.98 Å². The molecule has 4 rings (SSSR count). The highest BCUT2D eigenvalue weighted by atomic mass is 16.1. The summed E-state index contributed by atoms with van der Waals surface area (Å²) < 4.78 is 1.82. The Kier molecular flexibility index (Phi) is 5.84. The average Bonchev–Trinajstić information content (AvgIpc) is 2.73. The molecule has 3 aromatic rings. The largest absolute Gasteiger partial charge is 0.378 e. The topological polar surface area (TPSA) is 67.2 Å². The van der Waals surface area contributed by atoms with Crippen LogP contribution in [0.4, 0.5) is 5.69 Å². The number of fused-ring (bicyclic) bond motifs is 2. The molecule has 156 valence electrons. The number of benzene rings is 2. The molecule has 0 unspecified atom stereocenters. The first-order valence-corrected chi connectivity index (χ1v) is 10.6. The van der Waals surface area contributed by atoms with Crippen molar-refractivity contribution in [1.29, 1.82) is 0 Å². The molecule has 2 heterocycles. The summed E-state index contributed by atoms with van der Waals surface area (Å²) in [5.41, 5.74) is 3.29. The van der Waals surface area contributed by atoms with Crippen molar-refractivity contribution >= 4 is 22.5 Å². The molecule has 6 heteroatoms. The maximum atomic E-state index is 12.9. The number of nitrogens with one attached hydrogen (secondary N) is 1. The number of carbonyl (C=O) groups is 1. The van der Waals surface area contributed by atoms with E-state index in [9.17, 15) is 9.59 Å². The van der Waals surface area contributed by atoms with Gasteiger partial charge in [-0.15, -0.1) is 0 Å². The van der Waals surface area contributed by atoms with Crippen molar-refractivity contribution in [3.8, 4) is 0 Å². The number of hydrogen-bond acceptors (Lipinski definition) is 4. The number of aryl methyl sites for hydroxylation is 1. The standard InChI is InChI=1S/C24H28N4O2/c1-27(2)19-11-8-17(9-12-19)16-25-23(29)18-10-13-20-21(15-18)26-22-7-5-3-4-6-14-28(22)24(20)30/h8-13,15H,3-7,14,16H2,1-2H3,(H,25,29). The van der Waals surface area contributed by atoms with Crippen LogP contribution in [-0.2, 0) is 19.5 Å². The van der Waals surface area contributed by atoms with Crippen molar-refractivity contribution in [3.05, 3.63) is 69.8 Å². The van der Waals surface area contributed by atoms with Crippen LogP contribution in [0.2, 0.25) is 0 Å². The number of carbonyl (C=O) groups excluding carboxylic acids is 1. The highest BCUT2D eigenvalue weighted by molar-refractivity contribution is 5.97. The first kappa shape index (κ1) is 20.1. The number of anilines is 1. The van der Waals surface area contributed by atoms with Crippen molar-refractivity contribution in [1.82, 2.24) is 14.9 Å². The summed E-state index contributed by atoms with van der Waals surface area (Å²) in [6.07, 6.45) is 5.19. The summed E-state index contributed by atoms with van der Waals surface area (Å²) in [4.78, 5) is 32.4. The van der Waals surface area contributed by atoms with E-state index in [2.05, 4.69) is 5.32 Å². The normalized spacial score (nSPS) is 13.9. The summed E-state index contributed by atoms with van der Waals surface area (Å²) >= 11 is 0. The average molecular weight is 405 g/mol. The molecule has 1 aromatic heterocycles. The van der Waals surface area contributed by atoms with Gasteiger partial charge in [0.2, 0.25) is 0 Å². The van der Waals surface area contributed by atoms with E-state index in [-0.39, 0.29) is 11.5 Å². The molecular formula is C24H28N4O2. The van der Waals surface area contributed by atoms with Crippen molar-refractivity contribution in [3.63, 3.8) is 0 Å². The SMILES string of the molecule is CN(C)c1ccc(CNC(=O)c2ccc3c(=O)n4c(nc3c2)CCCCCC4)cc1. The minimum atomic E-state index is -0.165. The van der Waals surface area contributed by atoms with Gasteiger partial charge in [0, 0.05) is 44.9 Å². The number of nitrogens with zero attached hydrogens (tertiary/aromatic N) is 3. The maximum Gasteiger partial charge on any atom is 0.261 e. The van der Waals surface area contributed by atoms with Gasteiger partial charge in [-0.3, -0.25) is 14.2 Å². The Morgan fingerprint density at radius 2 is 1.83 bits per heavy atom. The third kappa shape index (κ3) is 4.22. The smallest absolute Gasteiger partial charge is 0.261 e. The summed E-state index contributed by atoms with van der Waals surface area (Å²) in [5, 5.41) is 3.54. The van der Waals surface area contributed by atoms with E-state index in [1.807, 2.05) is 47.8 Å². The van der Waals surface area contributed by atoms with Crippen LogP contribution in [0.15, 0.2) is 47.3 Å². The fourth-order valence-electron chi connectivity index (χ4n) is 3.93. The van der Waals surface area contributed by atoms with E-state index in [1.54, 1.807) is 18.2 Å². The first-order valence-electron chi connectivity index (χ1n) is 10.6. The van der Waals surface area contributed by atoms with Crippen molar-refractivity contribution in [2.45, 2.75) is 45.2 Å². The number of rotatable bonds is 4. The molecule has 0 radical (unpaired) electrons. The fraction of sp³-hybridized carbons (Fsp3) is 0.375. The third-order valence-corrected chi connectivity index (χ3v) is 5.73. The van der Waals surface area contributed by atoms with E-state index in [0.29, 0.717) is 23.0 Å². The molecule has 2 aromatic carbocycles. The summed E-state index contributed by atoms with van der Waals surface area (Å²) in [5.74, 6) is 0.674. The van der Waals surface area contributed by atoms with E-state index in [0.717, 1.165) is 49.3 Å². The lowest BCUT2D eigenvalue weighted by Crippen LogP contribution is -2.27. The van der Waals surface area contributed by atoms with Gasteiger partial charge in [0.05, 0.1) is 10.9 Å². The highest BCUT2D eigenvalue weighted by Crippen LogP contribution is 2.17. The van der Waals surface area contributed by atoms with Crippen LogP contribution < -0.4 is 15.8 Å². The van der Waals surface area contributed by atoms with Crippen LogP contribution >= 0.6 is 0 Å². The summed E-state index contributed by atoms with van der Waals surface area (Å²) in [6.45, 7) is 1.18. The molecular weight excluding hydrogens is 376 g/mol. The molecule has 0 aliphatic carbocycles. The predicted molar refractivity (Wildman–Crippen MR) is 120 cm³/mol. The molecule has 1 amide bonds. The molecule has 0 fully saturated rings. The second-order valence-electron chi connectivity index (χ2n) is 8.12. The van der Waals surface area contributed by atoms with Crippen LogP contribution in [-0.4, -0.2) is 29.6 Å². The maximum absolute atomic E-state index is 12.9. The van der Waals surface area contributed by atoms with Gasteiger partial charge in [0.15, 0.2) is 0 Å². The zero-order chi connectivity index (χ0) is 21.1. The molecule has 6 nitrogen and oxygen atoms in total. The number of aromatic nitrogens is 2. The van der Waals surface area contributed by atoms with Crippen LogP contribution in [0.5, 0.6) is 0 Å². The van der Waals surface area contributed by atoms with Gasteiger partial charge < -0.3 is 10.2 Å². The van der Waals surface area contributed by atoms with Gasteiger partial charge >= 0.3 is 0 Å². The van der Waals surface area contributed by atoms with Crippen LogP contribution in [0, 0.1) is 0 Å². The highest BCUT2D eigenvalue weighted by Gasteiger charge is 2.15. The van der Waals surface area contributed by atoms with E-state index in [1.165, 1.54) is 6.42 Å². The second-order valence-corrected chi connectivity index (χ2v) is 8.12. The van der Waals surface area contributed by atoms with Gasteiger partial charge in [-0.2, -0.15) is 0 Å². The van der Waals surface area contributed by atoms with Crippen molar-refractivity contribution in [2.24, 2.45) is 0 Å². The Bertz CT molecular complexity index is 1120. The van der Waals surface area contributed by atoms with Crippen molar-refractivity contribution in [2.75, 3.05) is 19.0 Å². The number of amides is 1. The molecule has 0 spiro atoms. The lowest BCUT2D eigenvalue weighted by Gasteiger charge is -2.16. The fourth-order valence-corrected chi connectivity index (χ4v) is 3.93. The molecule has 0 saturated heterocycles. The Morgan fingerprint density at radius 3 is 2.60 bits per heavy atom. The van der Waals surface area contributed by atoms with Gasteiger partial charge in [0.1, 0.15) is 5.82 Å². The quantitative estimate of drug-likeness (QED) is 0.723. The molecule has 1 aliphatic heterocycles. The Hall–Kier alpha value is -3.15. The van der Waals surface area contributed by atoms with E-state index >= 15 is 0 Å². The van der Waals surface area contributed by atoms with E-state index < -0.39 is 0 Å². The van der Waals surface area contributed by atoms with Crippen LogP contribution in [0.1, 0.15) is 47.4 Å². The Balaban J connectivity index is 1.54. The Labute approximate surface area is 176 Å². The minimum Gasteiger partial charge on any atom is -0.378 e. The van der Waals surface area contributed by atoms with Crippen molar-refractivity contribution < 1.29 is 4.79 Å². The second kappa shape index (κ2) is 8.69. The van der Waals surface area contributed by atoms with Crippen LogP contribution in [0.3, 0.4) is 0 Å². The first-order chi connectivity index (χ1) is 14.5. The number of hydrogen-bond donors (Lipinski definition) is 1. The molecule has 0 bridgehead atoms. The zero-order valence-electron chi connectivity index (χ0n) is 17.6. The molecule has 0 atom stereocenters. The van der Waals surface area contributed by atoms with Gasteiger partial charge in [-0.1, -0.05) is 25.0 Å². The predicted octanol–water partition coefficient (Wildman–Crippen LogP) is 3.51. The monoisotopic (exact) mass is 404 g/mol. The summed E-state index contributed by atoms with van der Waals surface area (Å²) in [6, 6.07) is 13.3.